The van der Waals surface area contributed by atoms with E-state index in [4.69, 9.17) is 4.74 Å². The molecule has 2 N–H and O–H groups in total. The van der Waals surface area contributed by atoms with Crippen molar-refractivity contribution in [1.82, 2.24) is 10.0 Å². The van der Waals surface area contributed by atoms with Crippen LogP contribution in [0, 0.1) is 0 Å². The molecule has 0 spiro atoms. The average Bonchev–Trinajstić information content (AvgIpc) is 3.10. The first-order valence-electron chi connectivity index (χ1n) is 9.94. The minimum Gasteiger partial charge on any atom is -0.464 e. The zero-order valence-corrected chi connectivity index (χ0v) is 18.0. The number of benzene rings is 2. The van der Waals surface area contributed by atoms with Crippen LogP contribution >= 0.6 is 0 Å². The molecule has 2 aromatic carbocycles. The molecule has 1 atom stereocenters. The highest BCUT2D eigenvalue weighted by molar-refractivity contribution is 7.89. The molecule has 1 saturated heterocycles. The summed E-state index contributed by atoms with van der Waals surface area (Å²) in [6, 6.07) is 10.3. The van der Waals surface area contributed by atoms with Gasteiger partial charge in [-0.1, -0.05) is 24.3 Å². The fourth-order valence-electron chi connectivity index (χ4n) is 3.48. The first-order valence-corrected chi connectivity index (χ1v) is 11.4. The summed E-state index contributed by atoms with van der Waals surface area (Å²) in [7, 11) is 0.147. The Hall–Kier alpha value is -2.65. The maximum atomic E-state index is 12.8. The lowest BCUT2D eigenvalue weighted by atomic mass is 10.1. The number of carbonyl (C=O) groups is 2. The predicted octanol–water partition coefficient (Wildman–Crippen LogP) is 1.79. The normalized spacial score (nSPS) is 16.5. The molecule has 1 aliphatic rings. The second kappa shape index (κ2) is 9.44. The summed E-state index contributed by atoms with van der Waals surface area (Å²) in [6.45, 7) is 0.556. The number of unbranched alkanes of at least 4 members (excludes halogenated alkanes) is 1. The third kappa shape index (κ3) is 5.09. The maximum absolute atomic E-state index is 12.8. The Bertz CT molecular complexity index is 1040. The molecule has 1 aliphatic heterocycles. The summed E-state index contributed by atoms with van der Waals surface area (Å²) in [5.41, 5.74) is 0.946. The van der Waals surface area contributed by atoms with Gasteiger partial charge in [0.1, 0.15) is 6.04 Å². The summed E-state index contributed by atoms with van der Waals surface area (Å²) >= 11 is 0. The SMILES string of the molecule is CN(C)c1cccc2c(S(=O)(=O)NCCCCC(=O)N[C@H]3CCOC3=O)cccc12. The number of hydrogen-bond acceptors (Lipinski definition) is 6. The first-order chi connectivity index (χ1) is 14.3. The zero-order chi connectivity index (χ0) is 21.7. The van der Waals surface area contributed by atoms with Gasteiger partial charge in [0.2, 0.25) is 15.9 Å². The van der Waals surface area contributed by atoms with Crippen LogP contribution in [0.5, 0.6) is 0 Å². The number of nitrogens with one attached hydrogen (secondary N) is 2. The highest BCUT2D eigenvalue weighted by atomic mass is 32.2. The van der Waals surface area contributed by atoms with Crippen molar-refractivity contribution in [3.8, 4) is 0 Å². The number of fused-ring (bicyclic) bond motifs is 1. The number of ether oxygens (including phenoxy) is 1. The Morgan fingerprint density at radius 1 is 1.13 bits per heavy atom. The number of cyclic esters (lactones) is 1. The van der Waals surface area contributed by atoms with E-state index < -0.39 is 22.0 Å². The smallest absolute Gasteiger partial charge is 0.328 e. The van der Waals surface area contributed by atoms with E-state index >= 15 is 0 Å². The molecule has 2 aromatic rings. The van der Waals surface area contributed by atoms with Gasteiger partial charge in [0.15, 0.2) is 0 Å². The van der Waals surface area contributed by atoms with Crippen molar-refractivity contribution in [2.45, 2.75) is 36.6 Å². The largest absolute Gasteiger partial charge is 0.464 e. The molecule has 0 aliphatic carbocycles. The van der Waals surface area contributed by atoms with Crippen LogP contribution in [0.1, 0.15) is 25.7 Å². The Balaban J connectivity index is 1.55. The third-order valence-corrected chi connectivity index (χ3v) is 6.54. The molecule has 9 heteroatoms. The number of amides is 1. The van der Waals surface area contributed by atoms with Crippen molar-refractivity contribution >= 4 is 38.4 Å². The summed E-state index contributed by atoms with van der Waals surface area (Å²) in [5, 5.41) is 4.17. The second-order valence-corrected chi connectivity index (χ2v) is 9.19. The van der Waals surface area contributed by atoms with Crippen LogP contribution < -0.4 is 14.9 Å². The van der Waals surface area contributed by atoms with Crippen molar-refractivity contribution < 1.29 is 22.7 Å². The number of esters is 1. The summed E-state index contributed by atoms with van der Waals surface area (Å²) in [4.78, 5) is 25.4. The van der Waals surface area contributed by atoms with Crippen LogP contribution in [0.4, 0.5) is 5.69 Å². The van der Waals surface area contributed by atoms with E-state index in [1.165, 1.54) is 0 Å². The maximum Gasteiger partial charge on any atom is 0.328 e. The van der Waals surface area contributed by atoms with Crippen molar-refractivity contribution in [2.24, 2.45) is 0 Å². The highest BCUT2D eigenvalue weighted by Crippen LogP contribution is 2.30. The van der Waals surface area contributed by atoms with Gasteiger partial charge in [-0.25, -0.2) is 17.9 Å². The lowest BCUT2D eigenvalue weighted by Gasteiger charge is -2.17. The molecule has 30 heavy (non-hydrogen) atoms. The molecular formula is C21H27N3O5S. The Morgan fingerprint density at radius 3 is 2.57 bits per heavy atom. The van der Waals surface area contributed by atoms with Crippen LogP contribution in [0.25, 0.3) is 10.8 Å². The van der Waals surface area contributed by atoms with E-state index in [1.54, 1.807) is 18.2 Å². The van der Waals surface area contributed by atoms with E-state index in [0.29, 0.717) is 31.3 Å². The monoisotopic (exact) mass is 433 g/mol. The fraction of sp³-hybridized carbons (Fsp3) is 0.429. The lowest BCUT2D eigenvalue weighted by Crippen LogP contribution is -2.37. The van der Waals surface area contributed by atoms with Gasteiger partial charge >= 0.3 is 5.97 Å². The number of hydrogen-bond donors (Lipinski definition) is 2. The van der Waals surface area contributed by atoms with E-state index in [1.807, 2.05) is 37.2 Å². The van der Waals surface area contributed by atoms with Gasteiger partial charge in [0.05, 0.1) is 11.5 Å². The molecule has 162 valence electrons. The topological polar surface area (TPSA) is 105 Å². The number of sulfonamides is 1. The first kappa shape index (κ1) is 22.0. The highest BCUT2D eigenvalue weighted by Gasteiger charge is 2.27. The Labute approximate surface area is 176 Å². The fourth-order valence-corrected chi connectivity index (χ4v) is 4.77. The predicted molar refractivity (Wildman–Crippen MR) is 115 cm³/mol. The van der Waals surface area contributed by atoms with Crippen LogP contribution in [0.3, 0.4) is 0 Å². The summed E-state index contributed by atoms with van der Waals surface area (Å²) < 4.78 is 33.1. The number of nitrogens with zero attached hydrogens (tertiary/aromatic N) is 1. The van der Waals surface area contributed by atoms with Crippen LogP contribution in [-0.2, 0) is 24.3 Å². The van der Waals surface area contributed by atoms with Gasteiger partial charge in [-0.3, -0.25) is 4.79 Å². The minimum atomic E-state index is -3.69. The summed E-state index contributed by atoms with van der Waals surface area (Å²) in [5.74, 6) is -0.629. The third-order valence-electron chi connectivity index (χ3n) is 5.02. The van der Waals surface area contributed by atoms with Gasteiger partial charge in [0.25, 0.3) is 0 Å². The minimum absolute atomic E-state index is 0.227. The van der Waals surface area contributed by atoms with E-state index in [2.05, 4.69) is 10.0 Å². The Morgan fingerprint density at radius 2 is 1.87 bits per heavy atom. The van der Waals surface area contributed by atoms with E-state index in [9.17, 15) is 18.0 Å². The van der Waals surface area contributed by atoms with Crippen molar-refractivity contribution in [3.63, 3.8) is 0 Å². The molecule has 0 radical (unpaired) electrons. The molecule has 3 rings (SSSR count). The van der Waals surface area contributed by atoms with E-state index in [0.717, 1.165) is 11.1 Å². The zero-order valence-electron chi connectivity index (χ0n) is 17.2. The van der Waals surface area contributed by atoms with Gasteiger partial charge in [-0.15, -0.1) is 0 Å². The molecule has 0 aromatic heterocycles. The van der Waals surface area contributed by atoms with Crippen LogP contribution in [0.15, 0.2) is 41.3 Å². The average molecular weight is 434 g/mol. The van der Waals surface area contributed by atoms with E-state index in [-0.39, 0.29) is 23.8 Å². The van der Waals surface area contributed by atoms with Gasteiger partial charge in [0, 0.05) is 49.9 Å². The van der Waals surface area contributed by atoms with Gasteiger partial charge in [-0.05, 0) is 25.0 Å². The number of carbonyl (C=O) groups excluding carboxylic acids is 2. The summed E-state index contributed by atoms with van der Waals surface area (Å²) in [6.07, 6.45) is 1.74. The standard InChI is InChI=1S/C21H27N3O5S/c1-24(2)18-9-5-8-16-15(18)7-6-10-19(16)30(27,28)22-13-4-3-11-20(25)23-17-12-14-29-21(17)26/h5-10,17,22H,3-4,11-14H2,1-2H3,(H,23,25)/t17-/m0/s1. The van der Waals surface area contributed by atoms with Crippen molar-refractivity contribution in [1.29, 1.82) is 0 Å². The van der Waals surface area contributed by atoms with Crippen molar-refractivity contribution in [3.05, 3.63) is 36.4 Å². The molecular weight excluding hydrogens is 406 g/mol. The van der Waals surface area contributed by atoms with Gasteiger partial charge in [-0.2, -0.15) is 0 Å². The Kier molecular flexibility index (Phi) is 6.94. The molecule has 0 unspecified atom stereocenters. The van der Waals surface area contributed by atoms with Gasteiger partial charge < -0.3 is 15.0 Å². The van der Waals surface area contributed by atoms with Crippen LogP contribution in [-0.4, -0.2) is 53.6 Å². The molecule has 0 saturated carbocycles. The van der Waals surface area contributed by atoms with Crippen LogP contribution in [0.2, 0.25) is 0 Å². The molecule has 1 heterocycles. The lowest BCUT2D eigenvalue weighted by molar-refractivity contribution is -0.141. The molecule has 8 nitrogen and oxygen atoms in total. The van der Waals surface area contributed by atoms with Crippen molar-refractivity contribution in [2.75, 3.05) is 32.1 Å². The quantitative estimate of drug-likeness (QED) is 0.461. The molecule has 1 amide bonds. The molecule has 0 bridgehead atoms. The molecule has 1 fully saturated rings. The number of rotatable bonds is 9. The second-order valence-electron chi connectivity index (χ2n) is 7.45. The number of anilines is 1.